The lowest BCUT2D eigenvalue weighted by molar-refractivity contribution is -0.0712. The summed E-state index contributed by atoms with van der Waals surface area (Å²) in [5, 5.41) is 12.9. The molecule has 0 unspecified atom stereocenters. The Bertz CT molecular complexity index is 2050. The second-order valence-electron chi connectivity index (χ2n) is 12.1. The van der Waals surface area contributed by atoms with Crippen molar-refractivity contribution in [3.63, 3.8) is 0 Å². The van der Waals surface area contributed by atoms with Crippen molar-refractivity contribution >= 4 is 11.0 Å². The minimum Gasteiger partial charge on any atom is -0.444 e. The van der Waals surface area contributed by atoms with E-state index in [1.165, 1.54) is 6.07 Å². The lowest BCUT2D eigenvalue weighted by atomic mass is 9.88. The van der Waals surface area contributed by atoms with Gasteiger partial charge in [-0.1, -0.05) is 17.3 Å². The Labute approximate surface area is 262 Å². The lowest BCUT2D eigenvalue weighted by Crippen LogP contribution is -2.35. The number of fused-ring (bicyclic) bond motifs is 2. The number of pyridine rings is 1. The molecule has 0 amide bonds. The molecule has 0 bridgehead atoms. The van der Waals surface area contributed by atoms with Crippen molar-refractivity contribution in [2.45, 2.75) is 57.1 Å². The van der Waals surface area contributed by atoms with E-state index in [-0.39, 0.29) is 29.0 Å². The quantitative estimate of drug-likeness (QED) is 0.273. The van der Waals surface area contributed by atoms with Crippen LogP contribution in [0.25, 0.3) is 22.6 Å². The molecule has 0 radical (unpaired) electrons. The first-order valence-electron chi connectivity index (χ1n) is 15.3. The van der Waals surface area contributed by atoms with E-state index in [0.717, 1.165) is 61.4 Å². The monoisotopic (exact) mass is 623 g/mol. The second kappa shape index (κ2) is 11.1. The van der Waals surface area contributed by atoms with Crippen molar-refractivity contribution in [3.05, 3.63) is 87.5 Å². The highest BCUT2D eigenvalue weighted by Gasteiger charge is 2.43. The maximum atomic E-state index is 15.0. The van der Waals surface area contributed by atoms with Gasteiger partial charge in [-0.3, -0.25) is 19.4 Å². The van der Waals surface area contributed by atoms with Crippen molar-refractivity contribution in [1.29, 1.82) is 5.26 Å². The second-order valence-corrected chi connectivity index (χ2v) is 12.1. The fraction of sp³-hybridized carbons (Fsp3) is 0.364. The number of rotatable bonds is 7. The first-order valence-corrected chi connectivity index (χ1v) is 15.3. The molecular weight excluding hydrogens is 593 g/mol. The molecule has 1 N–H and O–H groups in total. The van der Waals surface area contributed by atoms with Gasteiger partial charge in [0.2, 0.25) is 5.82 Å². The number of imidazole rings is 1. The molecule has 3 aromatic heterocycles. The zero-order valence-electron chi connectivity index (χ0n) is 25.0. The van der Waals surface area contributed by atoms with Gasteiger partial charge in [0.15, 0.2) is 11.5 Å². The number of aromatic amines is 1. The topological polar surface area (TPSA) is 144 Å². The van der Waals surface area contributed by atoms with Crippen LogP contribution in [0.1, 0.15) is 54.6 Å². The largest absolute Gasteiger partial charge is 0.444 e. The standard InChI is InChI=1S/C33H30FN7O5/c1-33(23-6-5-19(15-35)13-24(23)34)44-28-4-2-3-22(30(28)45-33)20-7-10-40(11-8-20)18-29-37-25-14-26(31-38-32(42)46-39-31)36-16-27(25)41(29)17-21-9-12-43-21/h2-6,13-14,16,20-21H,7-12,17-18H2,1H3,(H,38,39,42)/t21-,33-/m0/s1. The summed E-state index contributed by atoms with van der Waals surface area (Å²) in [6.45, 7) is 5.52. The van der Waals surface area contributed by atoms with Crippen molar-refractivity contribution in [2.75, 3.05) is 19.7 Å². The molecular formula is C33H30FN7O5. The number of piperidine rings is 1. The van der Waals surface area contributed by atoms with Gasteiger partial charge in [0.25, 0.3) is 5.79 Å². The molecule has 2 fully saturated rings. The van der Waals surface area contributed by atoms with Gasteiger partial charge in [0, 0.05) is 19.1 Å². The molecule has 2 atom stereocenters. The molecule has 2 saturated heterocycles. The molecule has 234 valence electrons. The maximum Gasteiger partial charge on any atom is 0.439 e. The van der Waals surface area contributed by atoms with Gasteiger partial charge in [-0.05, 0) is 68.6 Å². The van der Waals surface area contributed by atoms with Gasteiger partial charge >= 0.3 is 5.76 Å². The van der Waals surface area contributed by atoms with Gasteiger partial charge < -0.3 is 18.8 Å². The molecule has 6 heterocycles. The van der Waals surface area contributed by atoms with Crippen LogP contribution in [-0.4, -0.2) is 55.4 Å². The minimum absolute atomic E-state index is 0.138. The highest BCUT2D eigenvalue weighted by molar-refractivity contribution is 5.78. The predicted octanol–water partition coefficient (Wildman–Crippen LogP) is 4.60. The van der Waals surface area contributed by atoms with E-state index < -0.39 is 17.4 Å². The zero-order valence-corrected chi connectivity index (χ0v) is 25.0. The van der Waals surface area contributed by atoms with Crippen molar-refractivity contribution in [2.24, 2.45) is 0 Å². The Kier molecular flexibility index (Phi) is 6.84. The van der Waals surface area contributed by atoms with E-state index in [0.29, 0.717) is 30.3 Å². The summed E-state index contributed by atoms with van der Waals surface area (Å²) >= 11 is 0. The first-order chi connectivity index (χ1) is 22.4. The van der Waals surface area contributed by atoms with Crippen LogP contribution in [0.2, 0.25) is 0 Å². The summed E-state index contributed by atoms with van der Waals surface area (Å²) in [5.41, 5.74) is 3.68. The number of nitrogens with zero attached hydrogens (tertiary/aromatic N) is 6. The van der Waals surface area contributed by atoms with Gasteiger partial charge in [-0.25, -0.2) is 14.2 Å². The molecule has 13 heteroatoms. The van der Waals surface area contributed by atoms with Crippen molar-refractivity contribution in [3.8, 4) is 29.1 Å². The normalized spacial score (nSPS) is 21.4. The number of benzene rings is 2. The number of aromatic nitrogens is 5. The summed E-state index contributed by atoms with van der Waals surface area (Å²) in [4.78, 5) is 25.9. The van der Waals surface area contributed by atoms with Gasteiger partial charge in [0.05, 0.1) is 53.6 Å². The van der Waals surface area contributed by atoms with Crippen LogP contribution in [0.4, 0.5) is 4.39 Å². The Morgan fingerprint density at radius 2 is 2.00 bits per heavy atom. The van der Waals surface area contributed by atoms with Crippen LogP contribution < -0.4 is 15.2 Å². The number of ether oxygens (including phenoxy) is 3. The third-order valence-corrected chi connectivity index (χ3v) is 9.17. The average molecular weight is 624 g/mol. The molecule has 0 aliphatic carbocycles. The van der Waals surface area contributed by atoms with Crippen LogP contribution in [0, 0.1) is 17.1 Å². The smallest absolute Gasteiger partial charge is 0.439 e. The molecule has 8 rings (SSSR count). The predicted molar refractivity (Wildman–Crippen MR) is 161 cm³/mol. The fourth-order valence-electron chi connectivity index (χ4n) is 6.63. The summed E-state index contributed by atoms with van der Waals surface area (Å²) < 4.78 is 40.1. The highest BCUT2D eigenvalue weighted by atomic mass is 19.1. The third kappa shape index (κ3) is 4.99. The van der Waals surface area contributed by atoms with Crippen LogP contribution >= 0.6 is 0 Å². The van der Waals surface area contributed by atoms with Crippen molar-refractivity contribution in [1.82, 2.24) is 29.6 Å². The third-order valence-electron chi connectivity index (χ3n) is 9.17. The highest BCUT2D eigenvalue weighted by Crippen LogP contribution is 2.49. The average Bonchev–Trinajstić information content (AvgIpc) is 3.73. The van der Waals surface area contributed by atoms with E-state index >= 15 is 0 Å². The maximum absolute atomic E-state index is 15.0. The molecule has 3 aliphatic heterocycles. The van der Waals surface area contributed by atoms with E-state index in [2.05, 4.69) is 35.2 Å². The van der Waals surface area contributed by atoms with E-state index in [1.807, 2.05) is 24.3 Å². The fourth-order valence-corrected chi connectivity index (χ4v) is 6.63. The van der Waals surface area contributed by atoms with E-state index in [4.69, 9.17) is 24.5 Å². The number of halogens is 1. The Balaban J connectivity index is 0.999. The number of nitriles is 1. The summed E-state index contributed by atoms with van der Waals surface area (Å²) in [6, 6.07) is 14.0. The van der Waals surface area contributed by atoms with Crippen LogP contribution in [0.15, 0.2) is 58.0 Å². The van der Waals surface area contributed by atoms with Crippen molar-refractivity contribution < 1.29 is 23.1 Å². The van der Waals surface area contributed by atoms with Crippen LogP contribution in [-0.2, 0) is 23.6 Å². The Morgan fingerprint density at radius 3 is 2.72 bits per heavy atom. The number of hydrogen-bond acceptors (Lipinski definition) is 10. The Hall–Kier alpha value is -5.06. The van der Waals surface area contributed by atoms with E-state index in [9.17, 15) is 9.18 Å². The molecule has 2 aromatic carbocycles. The molecule has 3 aliphatic rings. The number of nitrogens with one attached hydrogen (secondary N) is 1. The first kappa shape index (κ1) is 28.4. The molecule has 12 nitrogen and oxygen atoms in total. The van der Waals surface area contributed by atoms with E-state index in [1.54, 1.807) is 25.3 Å². The van der Waals surface area contributed by atoms with Crippen LogP contribution in [0.3, 0.4) is 0 Å². The van der Waals surface area contributed by atoms with Gasteiger partial charge in [-0.15, -0.1) is 0 Å². The SMILES string of the molecule is C[C@]1(c2ccc(C#N)cc2F)Oc2cccc(C3CCN(Cc4nc5cc(-c6noc(=O)[nH]6)ncc5n4C[C@@H]4CCO4)CC3)c2O1. The number of H-pyrrole nitrogens is 1. The Morgan fingerprint density at radius 1 is 1.15 bits per heavy atom. The molecule has 0 spiro atoms. The minimum atomic E-state index is -1.34. The number of para-hydroxylation sites is 1. The molecule has 5 aromatic rings. The summed E-state index contributed by atoms with van der Waals surface area (Å²) in [7, 11) is 0. The van der Waals surface area contributed by atoms with Gasteiger partial charge in [-0.2, -0.15) is 5.26 Å². The van der Waals surface area contributed by atoms with Crippen LogP contribution in [0.5, 0.6) is 11.5 Å². The summed E-state index contributed by atoms with van der Waals surface area (Å²) in [6.07, 6.45) is 4.70. The zero-order chi connectivity index (χ0) is 31.4. The number of likely N-dealkylation sites (tertiary alicyclic amines) is 1. The summed E-state index contributed by atoms with van der Waals surface area (Å²) in [5.74, 6) is 0.138. The molecule has 0 saturated carbocycles. The lowest BCUT2D eigenvalue weighted by Gasteiger charge is -2.33. The number of hydrogen-bond donors (Lipinski definition) is 1. The molecule has 46 heavy (non-hydrogen) atoms. The van der Waals surface area contributed by atoms with Gasteiger partial charge in [0.1, 0.15) is 17.3 Å².